The average Bonchev–Trinajstić information content (AvgIpc) is 3.70. The highest BCUT2D eigenvalue weighted by Gasteiger charge is 2.23. The van der Waals surface area contributed by atoms with Crippen molar-refractivity contribution in [2.45, 2.75) is 12.8 Å². The highest BCUT2D eigenvalue weighted by atomic mass is 15.1. The first-order valence-corrected chi connectivity index (χ1v) is 17.2. The Morgan fingerprint density at radius 2 is 1.12 bits per heavy atom. The Morgan fingerprint density at radius 3 is 1.94 bits per heavy atom. The lowest BCUT2D eigenvalue weighted by molar-refractivity contribution is 0.947. The van der Waals surface area contributed by atoms with Gasteiger partial charge in [-0.25, -0.2) is 9.97 Å². The lowest BCUT2D eigenvalue weighted by Gasteiger charge is -2.14. The molecule has 0 N–H and O–H groups in total. The van der Waals surface area contributed by atoms with Gasteiger partial charge in [0.15, 0.2) is 5.82 Å². The molecule has 0 unspecified atom stereocenters. The zero-order valence-corrected chi connectivity index (χ0v) is 27.4. The van der Waals surface area contributed by atoms with Crippen LogP contribution in [0, 0.1) is 0 Å². The summed E-state index contributed by atoms with van der Waals surface area (Å²) in [5.74, 6) is 1.57. The zero-order chi connectivity index (χ0) is 33.0. The standard InChI is InChI=1S/C46H32N4/c1-4-15-31(16-5-1)33-19-14-20-34(27-33)46-47-40(32-17-6-2-7-18-32)30-45(48-46)50-42-26-13-11-24-37(42)39-28-43-38(29-44(39)50)36-23-10-12-25-41(36)49(43)35-21-8-3-9-22-35/h1-10,12-23,25-30H,11,24H2. The van der Waals surface area contributed by atoms with Crippen LogP contribution in [-0.4, -0.2) is 19.1 Å². The molecule has 9 aromatic rings. The van der Waals surface area contributed by atoms with Crippen LogP contribution < -0.4 is 0 Å². The molecule has 0 radical (unpaired) electrons. The van der Waals surface area contributed by atoms with E-state index in [9.17, 15) is 0 Å². The lowest BCUT2D eigenvalue weighted by atomic mass is 10.00. The monoisotopic (exact) mass is 640 g/mol. The molecule has 0 bridgehead atoms. The number of benzene rings is 6. The molecule has 0 atom stereocenters. The Bertz CT molecular complexity index is 2740. The molecule has 0 saturated carbocycles. The molecule has 50 heavy (non-hydrogen) atoms. The predicted octanol–water partition coefficient (Wildman–Crippen LogP) is 11.5. The van der Waals surface area contributed by atoms with Gasteiger partial charge in [-0.3, -0.25) is 4.57 Å². The van der Waals surface area contributed by atoms with Crippen molar-refractivity contribution in [3.8, 4) is 45.3 Å². The number of nitrogens with zero attached hydrogens (tertiary/aromatic N) is 4. The van der Waals surface area contributed by atoms with E-state index in [2.05, 4.69) is 173 Å². The summed E-state index contributed by atoms with van der Waals surface area (Å²) in [5, 5.41) is 3.73. The van der Waals surface area contributed by atoms with E-state index < -0.39 is 0 Å². The molecule has 236 valence electrons. The molecule has 10 rings (SSSR count). The van der Waals surface area contributed by atoms with Crippen LogP contribution in [-0.2, 0) is 6.42 Å². The van der Waals surface area contributed by atoms with Crippen molar-refractivity contribution in [3.05, 3.63) is 175 Å². The number of allylic oxidation sites excluding steroid dienone is 1. The fraction of sp³-hybridized carbons (Fsp3) is 0.0435. The fourth-order valence-corrected chi connectivity index (χ4v) is 7.70. The normalized spacial score (nSPS) is 12.6. The molecule has 4 nitrogen and oxygen atoms in total. The summed E-state index contributed by atoms with van der Waals surface area (Å²) in [7, 11) is 0. The highest BCUT2D eigenvalue weighted by Crippen LogP contribution is 2.41. The Labute approximate surface area is 290 Å². The summed E-state index contributed by atoms with van der Waals surface area (Å²) >= 11 is 0. The molecular formula is C46H32N4. The Balaban J connectivity index is 1.26. The third-order valence-corrected chi connectivity index (χ3v) is 10.00. The first-order valence-electron chi connectivity index (χ1n) is 17.2. The third-order valence-electron chi connectivity index (χ3n) is 10.00. The maximum atomic E-state index is 5.37. The second-order valence-corrected chi connectivity index (χ2v) is 13.0. The molecule has 0 saturated heterocycles. The molecule has 6 aromatic carbocycles. The SMILES string of the molecule is C1=Cc2c(c3cc4c(cc3n2-c2cc(-c3ccccc3)nc(-c3cccc(-c5ccccc5)c3)n2)c2ccccc2n4-c2ccccc2)CC1. The van der Waals surface area contributed by atoms with Crippen molar-refractivity contribution >= 4 is 38.8 Å². The van der Waals surface area contributed by atoms with Crippen molar-refractivity contribution in [3.63, 3.8) is 0 Å². The van der Waals surface area contributed by atoms with E-state index in [0.29, 0.717) is 5.82 Å². The number of rotatable bonds is 5. The summed E-state index contributed by atoms with van der Waals surface area (Å²) in [4.78, 5) is 10.6. The highest BCUT2D eigenvalue weighted by molar-refractivity contribution is 6.14. The van der Waals surface area contributed by atoms with Crippen LogP contribution in [0.2, 0.25) is 0 Å². The second-order valence-electron chi connectivity index (χ2n) is 13.0. The molecule has 1 aliphatic rings. The van der Waals surface area contributed by atoms with E-state index in [-0.39, 0.29) is 0 Å². The van der Waals surface area contributed by atoms with Crippen LogP contribution in [0.5, 0.6) is 0 Å². The molecular weight excluding hydrogens is 609 g/mol. The first-order chi connectivity index (χ1) is 24.8. The maximum absolute atomic E-state index is 5.37. The zero-order valence-electron chi connectivity index (χ0n) is 27.4. The van der Waals surface area contributed by atoms with E-state index >= 15 is 0 Å². The summed E-state index contributed by atoms with van der Waals surface area (Å²) in [6, 6.07) is 55.9. The van der Waals surface area contributed by atoms with E-state index in [1.165, 1.54) is 44.0 Å². The first kappa shape index (κ1) is 28.5. The van der Waals surface area contributed by atoms with Crippen LogP contribution in [0.4, 0.5) is 0 Å². The summed E-state index contributed by atoms with van der Waals surface area (Å²) in [6.45, 7) is 0. The molecule has 0 spiro atoms. The van der Waals surface area contributed by atoms with E-state index in [1.54, 1.807) is 0 Å². The molecule has 0 aliphatic heterocycles. The smallest absolute Gasteiger partial charge is 0.162 e. The van der Waals surface area contributed by atoms with Crippen LogP contribution in [0.25, 0.3) is 84.1 Å². The largest absolute Gasteiger partial charge is 0.309 e. The molecule has 0 fully saturated rings. The molecule has 1 aliphatic carbocycles. The van der Waals surface area contributed by atoms with Gasteiger partial charge in [-0.15, -0.1) is 0 Å². The Hall–Kier alpha value is -6.52. The van der Waals surface area contributed by atoms with Gasteiger partial charge in [-0.2, -0.15) is 0 Å². The van der Waals surface area contributed by atoms with Crippen LogP contribution in [0.1, 0.15) is 17.7 Å². The summed E-state index contributed by atoms with van der Waals surface area (Å²) < 4.78 is 4.77. The average molecular weight is 641 g/mol. The van der Waals surface area contributed by atoms with Gasteiger partial charge < -0.3 is 4.57 Å². The molecule has 3 aromatic heterocycles. The predicted molar refractivity (Wildman–Crippen MR) is 207 cm³/mol. The van der Waals surface area contributed by atoms with Crippen molar-refractivity contribution < 1.29 is 0 Å². The van der Waals surface area contributed by atoms with Gasteiger partial charge in [0.1, 0.15) is 5.82 Å². The second kappa shape index (κ2) is 11.6. The van der Waals surface area contributed by atoms with Gasteiger partial charge in [-0.1, -0.05) is 121 Å². The van der Waals surface area contributed by atoms with E-state index in [1.807, 2.05) is 6.07 Å². The fourth-order valence-electron chi connectivity index (χ4n) is 7.70. The Kier molecular flexibility index (Phi) is 6.59. The Morgan fingerprint density at radius 1 is 0.460 bits per heavy atom. The van der Waals surface area contributed by atoms with Crippen molar-refractivity contribution in [1.29, 1.82) is 0 Å². The molecule has 0 amide bonds. The van der Waals surface area contributed by atoms with Gasteiger partial charge >= 0.3 is 0 Å². The summed E-state index contributed by atoms with van der Waals surface area (Å²) in [5.41, 5.74) is 12.5. The topological polar surface area (TPSA) is 35.6 Å². The number of hydrogen-bond acceptors (Lipinski definition) is 2. The van der Waals surface area contributed by atoms with Crippen molar-refractivity contribution in [2.75, 3.05) is 0 Å². The van der Waals surface area contributed by atoms with Gasteiger partial charge in [-0.05, 0) is 72.0 Å². The number of hydrogen-bond donors (Lipinski definition) is 0. The van der Waals surface area contributed by atoms with Gasteiger partial charge in [0.25, 0.3) is 0 Å². The maximum Gasteiger partial charge on any atom is 0.162 e. The van der Waals surface area contributed by atoms with Gasteiger partial charge in [0.05, 0.1) is 27.9 Å². The molecule has 4 heteroatoms. The summed E-state index contributed by atoms with van der Waals surface area (Å²) in [6.07, 6.45) is 6.57. The van der Waals surface area contributed by atoms with E-state index in [4.69, 9.17) is 9.97 Å². The number of aromatic nitrogens is 4. The van der Waals surface area contributed by atoms with Gasteiger partial charge in [0.2, 0.25) is 0 Å². The number of aryl methyl sites for hydroxylation is 1. The third kappa shape index (κ3) is 4.61. The molecule has 3 heterocycles. The minimum atomic E-state index is 0.705. The number of para-hydroxylation sites is 2. The quantitative estimate of drug-likeness (QED) is 0.188. The van der Waals surface area contributed by atoms with Crippen LogP contribution in [0.3, 0.4) is 0 Å². The van der Waals surface area contributed by atoms with Gasteiger partial charge in [0, 0.05) is 39.0 Å². The van der Waals surface area contributed by atoms with Crippen LogP contribution in [0.15, 0.2) is 164 Å². The lowest BCUT2D eigenvalue weighted by Crippen LogP contribution is -2.05. The van der Waals surface area contributed by atoms with Crippen LogP contribution >= 0.6 is 0 Å². The minimum Gasteiger partial charge on any atom is -0.309 e. The minimum absolute atomic E-state index is 0.705. The van der Waals surface area contributed by atoms with Crippen molar-refractivity contribution in [1.82, 2.24) is 19.1 Å². The van der Waals surface area contributed by atoms with Crippen molar-refractivity contribution in [2.24, 2.45) is 0 Å². The van der Waals surface area contributed by atoms with E-state index in [0.717, 1.165) is 52.2 Å². The number of fused-ring (bicyclic) bond motifs is 6.